The van der Waals surface area contributed by atoms with E-state index in [1.54, 1.807) is 0 Å². The fourth-order valence-corrected chi connectivity index (χ4v) is 2.14. The summed E-state index contributed by atoms with van der Waals surface area (Å²) >= 11 is 2.16. The lowest BCUT2D eigenvalue weighted by molar-refractivity contribution is -0.143. The Bertz CT molecular complexity index is 298. The molecule has 0 amide bonds. The van der Waals surface area contributed by atoms with Gasteiger partial charge in [0.25, 0.3) is 0 Å². The zero-order chi connectivity index (χ0) is 11.1. The van der Waals surface area contributed by atoms with Crippen LogP contribution in [0.2, 0.25) is 0 Å². The van der Waals surface area contributed by atoms with E-state index in [0.29, 0.717) is 6.42 Å². The zero-order valence-corrected chi connectivity index (χ0v) is 10.9. The smallest absolute Gasteiger partial charge is 0.311 e. The summed E-state index contributed by atoms with van der Waals surface area (Å²) in [5.41, 5.74) is 1.00. The summed E-state index contributed by atoms with van der Waals surface area (Å²) < 4.78 is 5.25. The minimum atomic E-state index is -0.144. The minimum Gasteiger partial charge on any atom is -0.451 e. The van der Waals surface area contributed by atoms with Gasteiger partial charge in [-0.3, -0.25) is 4.79 Å². The van der Waals surface area contributed by atoms with Crippen LogP contribution < -0.4 is 0 Å². The van der Waals surface area contributed by atoms with Crippen LogP contribution >= 0.6 is 22.6 Å². The largest absolute Gasteiger partial charge is 0.451 e. The van der Waals surface area contributed by atoms with E-state index in [1.807, 2.05) is 30.3 Å². The molecule has 15 heavy (non-hydrogen) atoms. The first-order valence-corrected chi connectivity index (χ1v) is 6.34. The van der Waals surface area contributed by atoms with Crippen LogP contribution in [0.5, 0.6) is 0 Å². The Morgan fingerprint density at radius 1 is 1.40 bits per heavy atom. The second-order valence-corrected chi connectivity index (χ2v) is 4.74. The SMILES string of the molecule is CCCC(I)OC(=O)Cc1ccccc1. The molecule has 3 heteroatoms. The number of rotatable bonds is 5. The molecule has 0 N–H and O–H groups in total. The van der Waals surface area contributed by atoms with Gasteiger partial charge in [-0.2, -0.15) is 0 Å². The van der Waals surface area contributed by atoms with Crippen molar-refractivity contribution in [1.82, 2.24) is 0 Å². The zero-order valence-electron chi connectivity index (χ0n) is 8.78. The van der Waals surface area contributed by atoms with Crippen molar-refractivity contribution in [3.05, 3.63) is 35.9 Å². The van der Waals surface area contributed by atoms with Gasteiger partial charge in [0.15, 0.2) is 4.11 Å². The molecule has 0 aliphatic rings. The van der Waals surface area contributed by atoms with Crippen molar-refractivity contribution < 1.29 is 9.53 Å². The number of carbonyl (C=O) groups is 1. The molecule has 1 unspecified atom stereocenters. The molecule has 0 aliphatic carbocycles. The Labute approximate surface area is 104 Å². The maximum absolute atomic E-state index is 11.5. The van der Waals surface area contributed by atoms with E-state index in [4.69, 9.17) is 4.74 Å². The summed E-state index contributed by atoms with van der Waals surface area (Å²) in [6.07, 6.45) is 2.32. The number of alkyl halides is 1. The lowest BCUT2D eigenvalue weighted by Gasteiger charge is -2.10. The minimum absolute atomic E-state index is 0.00353. The van der Waals surface area contributed by atoms with E-state index in [2.05, 4.69) is 29.5 Å². The molecule has 82 valence electrons. The van der Waals surface area contributed by atoms with Crippen LogP contribution in [0, 0.1) is 0 Å². The molecule has 2 nitrogen and oxygen atoms in total. The average molecular weight is 318 g/mol. The van der Waals surface area contributed by atoms with Gasteiger partial charge in [-0.1, -0.05) is 43.7 Å². The van der Waals surface area contributed by atoms with Crippen molar-refractivity contribution >= 4 is 28.6 Å². The van der Waals surface area contributed by atoms with Crippen molar-refractivity contribution in [2.24, 2.45) is 0 Å². The molecule has 1 atom stereocenters. The fraction of sp³-hybridized carbons (Fsp3) is 0.417. The Morgan fingerprint density at radius 3 is 2.67 bits per heavy atom. The standard InChI is InChI=1S/C12H15IO2/c1-2-6-11(13)15-12(14)9-10-7-4-3-5-8-10/h3-5,7-8,11H,2,6,9H2,1H3. The van der Waals surface area contributed by atoms with E-state index in [-0.39, 0.29) is 10.1 Å². The summed E-state index contributed by atoms with van der Waals surface area (Å²) in [6.45, 7) is 2.08. The quantitative estimate of drug-likeness (QED) is 0.473. The topological polar surface area (TPSA) is 26.3 Å². The number of esters is 1. The van der Waals surface area contributed by atoms with Crippen LogP contribution in [-0.2, 0) is 16.0 Å². The van der Waals surface area contributed by atoms with E-state index in [9.17, 15) is 4.79 Å². The Hall–Kier alpha value is -0.580. The number of benzene rings is 1. The Kier molecular flexibility index (Phi) is 5.68. The maximum Gasteiger partial charge on any atom is 0.311 e. The normalized spacial score (nSPS) is 12.1. The van der Waals surface area contributed by atoms with Crippen molar-refractivity contribution in [1.29, 1.82) is 0 Å². The van der Waals surface area contributed by atoms with Gasteiger partial charge in [-0.15, -0.1) is 0 Å². The summed E-state index contributed by atoms with van der Waals surface area (Å²) in [5.74, 6) is -0.144. The summed E-state index contributed by atoms with van der Waals surface area (Å²) in [6, 6.07) is 9.66. The number of hydrogen-bond acceptors (Lipinski definition) is 2. The fourth-order valence-electron chi connectivity index (χ4n) is 1.23. The van der Waals surface area contributed by atoms with Gasteiger partial charge in [0, 0.05) is 0 Å². The van der Waals surface area contributed by atoms with Crippen LogP contribution in [0.15, 0.2) is 30.3 Å². The highest BCUT2D eigenvalue weighted by Crippen LogP contribution is 2.11. The highest BCUT2D eigenvalue weighted by molar-refractivity contribution is 14.1. The first-order chi connectivity index (χ1) is 7.22. The van der Waals surface area contributed by atoms with Gasteiger partial charge in [-0.25, -0.2) is 0 Å². The molecule has 0 saturated heterocycles. The van der Waals surface area contributed by atoms with Gasteiger partial charge < -0.3 is 4.74 Å². The van der Waals surface area contributed by atoms with Gasteiger partial charge in [0.1, 0.15) is 0 Å². The lowest BCUT2D eigenvalue weighted by atomic mass is 10.2. The molecule has 1 aromatic rings. The van der Waals surface area contributed by atoms with Crippen molar-refractivity contribution in [3.8, 4) is 0 Å². The van der Waals surface area contributed by atoms with Crippen LogP contribution in [0.3, 0.4) is 0 Å². The summed E-state index contributed by atoms with van der Waals surface area (Å²) in [5, 5.41) is 0. The van der Waals surface area contributed by atoms with E-state index in [0.717, 1.165) is 18.4 Å². The molecule has 0 bridgehead atoms. The van der Waals surface area contributed by atoms with Crippen LogP contribution in [-0.4, -0.2) is 10.1 Å². The lowest BCUT2D eigenvalue weighted by Crippen LogP contribution is -2.14. The monoisotopic (exact) mass is 318 g/mol. The average Bonchev–Trinajstić information content (AvgIpc) is 2.19. The number of ether oxygens (including phenoxy) is 1. The van der Waals surface area contributed by atoms with Crippen LogP contribution in [0.4, 0.5) is 0 Å². The molecular weight excluding hydrogens is 303 g/mol. The molecule has 1 aromatic carbocycles. The summed E-state index contributed by atoms with van der Waals surface area (Å²) in [7, 11) is 0. The van der Waals surface area contributed by atoms with E-state index >= 15 is 0 Å². The van der Waals surface area contributed by atoms with Crippen LogP contribution in [0.25, 0.3) is 0 Å². The molecule has 0 aromatic heterocycles. The second-order valence-electron chi connectivity index (χ2n) is 3.35. The number of carbonyl (C=O) groups excluding carboxylic acids is 1. The highest BCUT2D eigenvalue weighted by Gasteiger charge is 2.10. The Morgan fingerprint density at radius 2 is 2.07 bits per heavy atom. The van der Waals surface area contributed by atoms with E-state index < -0.39 is 0 Å². The van der Waals surface area contributed by atoms with Gasteiger partial charge in [-0.05, 0) is 34.6 Å². The third-order valence-electron chi connectivity index (χ3n) is 1.97. The van der Waals surface area contributed by atoms with Crippen molar-refractivity contribution in [2.45, 2.75) is 30.3 Å². The third kappa shape index (κ3) is 5.16. The predicted octanol–water partition coefficient (Wildman–Crippen LogP) is 3.33. The molecule has 0 spiro atoms. The van der Waals surface area contributed by atoms with E-state index in [1.165, 1.54) is 0 Å². The maximum atomic E-state index is 11.5. The first-order valence-electron chi connectivity index (χ1n) is 5.10. The van der Waals surface area contributed by atoms with Gasteiger partial charge in [0.2, 0.25) is 0 Å². The molecule has 1 rings (SSSR count). The van der Waals surface area contributed by atoms with Crippen molar-refractivity contribution in [2.75, 3.05) is 0 Å². The molecule has 0 fully saturated rings. The molecule has 0 saturated carbocycles. The third-order valence-corrected chi connectivity index (χ3v) is 2.84. The Balaban J connectivity index is 2.36. The predicted molar refractivity (Wildman–Crippen MR) is 69.0 cm³/mol. The van der Waals surface area contributed by atoms with Crippen LogP contribution in [0.1, 0.15) is 25.3 Å². The first kappa shape index (κ1) is 12.5. The molecular formula is C12H15IO2. The number of halogens is 1. The number of hydrogen-bond donors (Lipinski definition) is 0. The molecule has 0 radical (unpaired) electrons. The summed E-state index contributed by atoms with van der Waals surface area (Å²) in [4.78, 5) is 11.5. The van der Waals surface area contributed by atoms with Crippen molar-refractivity contribution in [3.63, 3.8) is 0 Å². The van der Waals surface area contributed by atoms with Gasteiger partial charge in [0.05, 0.1) is 6.42 Å². The molecule has 0 aliphatic heterocycles. The molecule has 0 heterocycles. The highest BCUT2D eigenvalue weighted by atomic mass is 127. The second kappa shape index (κ2) is 6.82. The van der Waals surface area contributed by atoms with Gasteiger partial charge >= 0.3 is 5.97 Å².